The van der Waals surface area contributed by atoms with Crippen LogP contribution in [0.15, 0.2) is 18.2 Å². The van der Waals surface area contributed by atoms with E-state index in [0.29, 0.717) is 18.7 Å². The molecule has 0 saturated carbocycles. The van der Waals surface area contributed by atoms with Crippen LogP contribution in [0.25, 0.3) is 0 Å². The molecule has 1 N–H and O–H groups in total. The number of likely N-dealkylation sites (tertiary alicyclic amines) is 1. The van der Waals surface area contributed by atoms with E-state index in [2.05, 4.69) is 14.8 Å². The smallest absolute Gasteiger partial charge is 0.395 e. The minimum absolute atomic E-state index is 0.0875. The van der Waals surface area contributed by atoms with Gasteiger partial charge in [0.1, 0.15) is 6.04 Å². The number of amides is 2. The average molecular weight is 354 g/mol. The van der Waals surface area contributed by atoms with E-state index in [4.69, 9.17) is 0 Å². The Morgan fingerprint density at radius 3 is 2.60 bits per heavy atom. The summed E-state index contributed by atoms with van der Waals surface area (Å²) in [6.07, 6.45) is -2.39. The van der Waals surface area contributed by atoms with Gasteiger partial charge in [-0.05, 0) is 25.0 Å². The first kappa shape index (κ1) is 17.4. The molecule has 2 aliphatic heterocycles. The summed E-state index contributed by atoms with van der Waals surface area (Å²) in [5.41, 5.74) is -0.271. The molecule has 2 aliphatic rings. The Balaban J connectivity index is 1.72. The van der Waals surface area contributed by atoms with Crippen molar-refractivity contribution < 1.29 is 27.8 Å². The number of anilines is 1. The SMILES string of the molecule is CC(C)(C)C(=O)N1CCC[C@H]1C(=O)Nc1ccc2c(c1)OC(F)(F)O2. The number of benzene rings is 1. The van der Waals surface area contributed by atoms with Gasteiger partial charge in [0.2, 0.25) is 11.8 Å². The quantitative estimate of drug-likeness (QED) is 0.887. The van der Waals surface area contributed by atoms with Crippen molar-refractivity contribution in [3.8, 4) is 11.5 Å². The van der Waals surface area contributed by atoms with Gasteiger partial charge in [-0.15, -0.1) is 8.78 Å². The minimum Gasteiger partial charge on any atom is -0.395 e. The zero-order valence-corrected chi connectivity index (χ0v) is 14.3. The molecule has 0 bridgehead atoms. The maximum absolute atomic E-state index is 13.1. The lowest BCUT2D eigenvalue weighted by Crippen LogP contribution is -2.47. The predicted molar refractivity (Wildman–Crippen MR) is 85.5 cm³/mol. The number of fused-ring (bicyclic) bond motifs is 1. The van der Waals surface area contributed by atoms with Crippen LogP contribution in [-0.4, -0.2) is 35.6 Å². The number of nitrogens with one attached hydrogen (secondary N) is 1. The molecule has 6 nitrogen and oxygen atoms in total. The number of nitrogens with zero attached hydrogens (tertiary/aromatic N) is 1. The highest BCUT2D eigenvalue weighted by Crippen LogP contribution is 2.42. The van der Waals surface area contributed by atoms with Crippen LogP contribution >= 0.6 is 0 Å². The maximum atomic E-state index is 13.1. The number of ether oxygens (including phenoxy) is 2. The van der Waals surface area contributed by atoms with Crippen LogP contribution in [0.2, 0.25) is 0 Å². The van der Waals surface area contributed by atoms with Crippen molar-refractivity contribution in [2.45, 2.75) is 45.9 Å². The van der Waals surface area contributed by atoms with Crippen molar-refractivity contribution in [3.63, 3.8) is 0 Å². The molecule has 2 amide bonds. The van der Waals surface area contributed by atoms with E-state index in [1.165, 1.54) is 18.2 Å². The Labute approximate surface area is 144 Å². The van der Waals surface area contributed by atoms with Crippen molar-refractivity contribution in [2.24, 2.45) is 5.41 Å². The molecule has 0 radical (unpaired) electrons. The Morgan fingerprint density at radius 2 is 1.92 bits per heavy atom. The molecule has 2 heterocycles. The summed E-state index contributed by atoms with van der Waals surface area (Å²) < 4.78 is 34.8. The van der Waals surface area contributed by atoms with Gasteiger partial charge in [-0.1, -0.05) is 20.8 Å². The van der Waals surface area contributed by atoms with Gasteiger partial charge in [0.05, 0.1) is 0 Å². The standard InChI is InChI=1S/C17H20F2N2O4/c1-16(2,3)15(23)21-8-4-5-11(21)14(22)20-10-6-7-12-13(9-10)25-17(18,19)24-12/h6-7,9,11H,4-5,8H2,1-3H3,(H,20,22)/t11-/m0/s1. The Morgan fingerprint density at radius 1 is 1.24 bits per heavy atom. The van der Waals surface area contributed by atoms with E-state index in [-0.39, 0.29) is 23.3 Å². The van der Waals surface area contributed by atoms with Crippen LogP contribution in [-0.2, 0) is 9.59 Å². The molecule has 3 rings (SSSR count). The normalized spacial score (nSPS) is 21.3. The van der Waals surface area contributed by atoms with Gasteiger partial charge >= 0.3 is 6.29 Å². The van der Waals surface area contributed by atoms with E-state index in [9.17, 15) is 18.4 Å². The second-order valence-electron chi connectivity index (χ2n) is 7.22. The van der Waals surface area contributed by atoms with E-state index in [0.717, 1.165) is 6.42 Å². The lowest BCUT2D eigenvalue weighted by Gasteiger charge is -2.30. The molecular weight excluding hydrogens is 334 g/mol. The van der Waals surface area contributed by atoms with Crippen LogP contribution in [0.4, 0.5) is 14.5 Å². The second kappa shape index (κ2) is 5.86. The molecule has 1 saturated heterocycles. The van der Waals surface area contributed by atoms with Crippen molar-refractivity contribution in [1.29, 1.82) is 0 Å². The number of carbonyl (C=O) groups excluding carboxylic acids is 2. The fourth-order valence-electron chi connectivity index (χ4n) is 2.97. The number of rotatable bonds is 2. The zero-order chi connectivity index (χ0) is 18.4. The van der Waals surface area contributed by atoms with E-state index >= 15 is 0 Å². The van der Waals surface area contributed by atoms with Crippen molar-refractivity contribution >= 4 is 17.5 Å². The van der Waals surface area contributed by atoms with Crippen LogP contribution in [0.1, 0.15) is 33.6 Å². The Hall–Kier alpha value is -2.38. The molecule has 1 fully saturated rings. The number of hydrogen-bond donors (Lipinski definition) is 1. The number of carbonyl (C=O) groups is 2. The lowest BCUT2D eigenvalue weighted by molar-refractivity contribution is -0.286. The molecule has 0 aromatic heterocycles. The summed E-state index contributed by atoms with van der Waals surface area (Å²) in [5, 5.41) is 2.66. The van der Waals surface area contributed by atoms with E-state index in [1.807, 2.05) is 0 Å². The molecule has 8 heteroatoms. The third-order valence-electron chi connectivity index (χ3n) is 4.13. The highest BCUT2D eigenvalue weighted by atomic mass is 19.3. The number of hydrogen-bond acceptors (Lipinski definition) is 4. The first-order valence-corrected chi connectivity index (χ1v) is 8.09. The van der Waals surface area contributed by atoms with Gasteiger partial charge in [-0.25, -0.2) is 0 Å². The van der Waals surface area contributed by atoms with Crippen molar-refractivity contribution in [1.82, 2.24) is 4.90 Å². The highest BCUT2D eigenvalue weighted by molar-refractivity contribution is 5.98. The van der Waals surface area contributed by atoms with Crippen LogP contribution < -0.4 is 14.8 Å². The fourth-order valence-corrected chi connectivity index (χ4v) is 2.97. The van der Waals surface area contributed by atoms with Gasteiger partial charge in [-0.3, -0.25) is 9.59 Å². The summed E-state index contributed by atoms with van der Waals surface area (Å²) in [7, 11) is 0. The molecule has 0 spiro atoms. The van der Waals surface area contributed by atoms with Crippen molar-refractivity contribution in [3.05, 3.63) is 18.2 Å². The third kappa shape index (κ3) is 3.52. The summed E-state index contributed by atoms with van der Waals surface area (Å²) in [5.74, 6) is -0.665. The Bertz CT molecular complexity index is 715. The maximum Gasteiger partial charge on any atom is 0.586 e. The molecule has 0 unspecified atom stereocenters. The van der Waals surface area contributed by atoms with Gasteiger partial charge < -0.3 is 19.7 Å². The Kier molecular flexibility index (Phi) is 4.09. The molecule has 0 aliphatic carbocycles. The van der Waals surface area contributed by atoms with Crippen LogP contribution in [0.5, 0.6) is 11.5 Å². The topological polar surface area (TPSA) is 67.9 Å². The fraction of sp³-hybridized carbons (Fsp3) is 0.529. The van der Waals surface area contributed by atoms with Crippen molar-refractivity contribution in [2.75, 3.05) is 11.9 Å². The van der Waals surface area contributed by atoms with Gasteiger partial charge in [0.15, 0.2) is 11.5 Å². The summed E-state index contributed by atoms with van der Waals surface area (Å²) in [4.78, 5) is 26.6. The summed E-state index contributed by atoms with van der Waals surface area (Å²) in [6.45, 7) is 5.95. The predicted octanol–water partition coefficient (Wildman–Crippen LogP) is 2.98. The highest BCUT2D eigenvalue weighted by Gasteiger charge is 2.43. The molecule has 25 heavy (non-hydrogen) atoms. The first-order valence-electron chi connectivity index (χ1n) is 8.09. The second-order valence-corrected chi connectivity index (χ2v) is 7.22. The van der Waals surface area contributed by atoms with Gasteiger partial charge in [-0.2, -0.15) is 0 Å². The lowest BCUT2D eigenvalue weighted by atomic mass is 9.94. The third-order valence-corrected chi connectivity index (χ3v) is 4.13. The van der Waals surface area contributed by atoms with Crippen LogP contribution in [0, 0.1) is 5.41 Å². The first-order chi connectivity index (χ1) is 11.6. The number of alkyl halides is 2. The largest absolute Gasteiger partial charge is 0.586 e. The van der Waals surface area contributed by atoms with Crippen LogP contribution in [0.3, 0.4) is 0 Å². The van der Waals surface area contributed by atoms with Gasteiger partial charge in [0.25, 0.3) is 0 Å². The number of halogens is 2. The molecule has 1 aromatic rings. The molecule has 136 valence electrons. The monoisotopic (exact) mass is 354 g/mol. The molecule has 1 aromatic carbocycles. The van der Waals surface area contributed by atoms with E-state index < -0.39 is 17.8 Å². The molecular formula is C17H20F2N2O4. The summed E-state index contributed by atoms with van der Waals surface area (Å²) >= 11 is 0. The minimum atomic E-state index is -3.70. The van der Waals surface area contributed by atoms with Gasteiger partial charge in [0, 0.05) is 23.7 Å². The van der Waals surface area contributed by atoms with E-state index in [1.54, 1.807) is 25.7 Å². The average Bonchev–Trinajstić information content (AvgIpc) is 3.07. The zero-order valence-electron chi connectivity index (χ0n) is 14.3. The molecule has 1 atom stereocenters. The summed E-state index contributed by atoms with van der Waals surface area (Å²) in [6, 6.07) is 3.46.